The highest BCUT2D eigenvalue weighted by Gasteiger charge is 2.27. The average molecular weight is 198 g/mol. The van der Waals surface area contributed by atoms with Gasteiger partial charge in [0.05, 0.1) is 0 Å². The molecule has 0 unspecified atom stereocenters. The summed E-state index contributed by atoms with van der Waals surface area (Å²) >= 11 is 1.46. The van der Waals surface area contributed by atoms with Crippen molar-refractivity contribution < 1.29 is 0 Å². The van der Waals surface area contributed by atoms with Crippen LogP contribution in [0.15, 0.2) is 0 Å². The lowest BCUT2D eigenvalue weighted by Gasteiger charge is -1.97. The number of rotatable bonds is 5. The standard InChI is InChI=1S/C8H14N4S/c9-4-1-5-10-8-11-7(12-13-8)6-2-3-6/h6H,1-5,9H2,(H,10,11,12). The lowest BCUT2D eigenvalue weighted by Crippen LogP contribution is -2.08. The van der Waals surface area contributed by atoms with Crippen LogP contribution in [0.5, 0.6) is 0 Å². The summed E-state index contributed by atoms with van der Waals surface area (Å²) in [6.07, 6.45) is 3.51. The van der Waals surface area contributed by atoms with Crippen LogP contribution >= 0.6 is 11.5 Å². The third kappa shape index (κ3) is 2.38. The maximum absolute atomic E-state index is 5.38. The molecule has 0 saturated heterocycles. The summed E-state index contributed by atoms with van der Waals surface area (Å²) in [6.45, 7) is 1.62. The number of nitrogens with one attached hydrogen (secondary N) is 1. The van der Waals surface area contributed by atoms with Gasteiger partial charge in [-0.3, -0.25) is 0 Å². The van der Waals surface area contributed by atoms with E-state index in [-0.39, 0.29) is 0 Å². The van der Waals surface area contributed by atoms with Crippen molar-refractivity contribution in [2.24, 2.45) is 5.73 Å². The van der Waals surface area contributed by atoms with E-state index >= 15 is 0 Å². The number of hydrogen-bond acceptors (Lipinski definition) is 5. The van der Waals surface area contributed by atoms with Crippen molar-refractivity contribution in [1.29, 1.82) is 0 Å². The van der Waals surface area contributed by atoms with Crippen molar-refractivity contribution in [1.82, 2.24) is 9.36 Å². The molecule has 3 N–H and O–H groups in total. The summed E-state index contributed by atoms with van der Waals surface area (Å²) in [6, 6.07) is 0. The van der Waals surface area contributed by atoms with Crippen molar-refractivity contribution >= 4 is 16.7 Å². The van der Waals surface area contributed by atoms with E-state index in [1.54, 1.807) is 0 Å². The van der Waals surface area contributed by atoms with E-state index < -0.39 is 0 Å². The molecule has 1 aromatic heterocycles. The maximum Gasteiger partial charge on any atom is 0.202 e. The van der Waals surface area contributed by atoms with Crippen LogP contribution in [0.4, 0.5) is 5.13 Å². The number of nitrogens with zero attached hydrogens (tertiary/aromatic N) is 2. The Morgan fingerprint density at radius 1 is 1.54 bits per heavy atom. The van der Waals surface area contributed by atoms with E-state index in [0.29, 0.717) is 5.92 Å². The molecule has 0 spiro atoms. The minimum atomic E-state index is 0.654. The van der Waals surface area contributed by atoms with Crippen molar-refractivity contribution in [2.75, 3.05) is 18.4 Å². The second-order valence-corrected chi connectivity index (χ2v) is 4.05. The van der Waals surface area contributed by atoms with E-state index in [2.05, 4.69) is 14.7 Å². The molecule has 13 heavy (non-hydrogen) atoms. The third-order valence-electron chi connectivity index (χ3n) is 2.04. The fourth-order valence-corrected chi connectivity index (χ4v) is 1.78. The molecule has 0 radical (unpaired) electrons. The van der Waals surface area contributed by atoms with Crippen LogP contribution in [0.1, 0.15) is 31.0 Å². The SMILES string of the molecule is NCCCNc1nc(C2CC2)ns1. The van der Waals surface area contributed by atoms with Crippen molar-refractivity contribution in [3.8, 4) is 0 Å². The lowest BCUT2D eigenvalue weighted by atomic mass is 10.4. The van der Waals surface area contributed by atoms with Crippen LogP contribution < -0.4 is 11.1 Å². The molecule has 2 rings (SSSR count). The van der Waals surface area contributed by atoms with E-state index in [1.807, 2.05) is 0 Å². The molecule has 1 saturated carbocycles. The molecule has 0 atom stereocenters. The highest BCUT2D eigenvalue weighted by atomic mass is 32.1. The summed E-state index contributed by atoms with van der Waals surface area (Å²) in [5.74, 6) is 1.68. The number of aromatic nitrogens is 2. The Bertz CT molecular complexity index is 269. The van der Waals surface area contributed by atoms with Gasteiger partial charge in [0.2, 0.25) is 5.13 Å². The summed E-state index contributed by atoms with van der Waals surface area (Å²) in [5.41, 5.74) is 5.38. The normalized spacial score (nSPS) is 16.1. The van der Waals surface area contributed by atoms with Crippen LogP contribution in [0.3, 0.4) is 0 Å². The average Bonchev–Trinajstić information content (AvgIpc) is 2.88. The molecular weight excluding hydrogens is 184 g/mol. The van der Waals surface area contributed by atoms with Crippen molar-refractivity contribution in [2.45, 2.75) is 25.2 Å². The first kappa shape index (κ1) is 8.90. The number of nitrogens with two attached hydrogens (primary N) is 1. The van der Waals surface area contributed by atoms with Crippen molar-refractivity contribution in [3.63, 3.8) is 0 Å². The lowest BCUT2D eigenvalue weighted by molar-refractivity contribution is 0.870. The van der Waals surface area contributed by atoms with Gasteiger partial charge < -0.3 is 11.1 Å². The van der Waals surface area contributed by atoms with Crippen LogP contribution in [0, 0.1) is 0 Å². The van der Waals surface area contributed by atoms with Gasteiger partial charge in [0.15, 0.2) is 0 Å². The molecule has 0 aromatic carbocycles. The molecule has 4 nitrogen and oxygen atoms in total. The first-order valence-electron chi connectivity index (χ1n) is 4.67. The Morgan fingerprint density at radius 3 is 3.08 bits per heavy atom. The van der Waals surface area contributed by atoms with Gasteiger partial charge in [0.25, 0.3) is 0 Å². The third-order valence-corrected chi connectivity index (χ3v) is 2.73. The molecule has 5 heteroatoms. The van der Waals surface area contributed by atoms with Gasteiger partial charge in [-0.05, 0) is 25.8 Å². The molecule has 1 aliphatic carbocycles. The molecule has 1 fully saturated rings. The molecule has 0 aliphatic heterocycles. The second kappa shape index (κ2) is 4.02. The molecular formula is C8H14N4S. The van der Waals surface area contributed by atoms with Gasteiger partial charge in [-0.25, -0.2) is 4.98 Å². The molecule has 72 valence electrons. The Hall–Kier alpha value is -0.680. The van der Waals surface area contributed by atoms with Gasteiger partial charge in [0.1, 0.15) is 5.82 Å². The largest absolute Gasteiger partial charge is 0.360 e. The molecule has 1 aromatic rings. The summed E-state index contributed by atoms with van der Waals surface area (Å²) in [4.78, 5) is 4.40. The van der Waals surface area contributed by atoms with E-state index in [0.717, 1.165) is 30.5 Å². The van der Waals surface area contributed by atoms with Gasteiger partial charge in [-0.2, -0.15) is 4.37 Å². The fraction of sp³-hybridized carbons (Fsp3) is 0.750. The quantitative estimate of drug-likeness (QED) is 0.697. The van der Waals surface area contributed by atoms with Crippen LogP contribution in [0.2, 0.25) is 0 Å². The van der Waals surface area contributed by atoms with Crippen molar-refractivity contribution in [3.05, 3.63) is 5.82 Å². The smallest absolute Gasteiger partial charge is 0.202 e. The maximum atomic E-state index is 5.38. The molecule has 0 bridgehead atoms. The zero-order valence-corrected chi connectivity index (χ0v) is 8.31. The summed E-state index contributed by atoms with van der Waals surface area (Å²) < 4.78 is 4.29. The highest BCUT2D eigenvalue weighted by Crippen LogP contribution is 2.39. The Balaban J connectivity index is 1.82. The Labute approximate surface area is 81.7 Å². The number of hydrogen-bond donors (Lipinski definition) is 2. The van der Waals surface area contributed by atoms with Crippen LogP contribution in [-0.2, 0) is 0 Å². The number of anilines is 1. The predicted octanol–water partition coefficient (Wildman–Crippen LogP) is 1.18. The molecule has 0 amide bonds. The molecule has 1 aliphatic rings. The van der Waals surface area contributed by atoms with E-state index in [1.165, 1.54) is 24.4 Å². The van der Waals surface area contributed by atoms with E-state index in [4.69, 9.17) is 5.73 Å². The van der Waals surface area contributed by atoms with E-state index in [9.17, 15) is 0 Å². The van der Waals surface area contributed by atoms with Crippen LogP contribution in [-0.4, -0.2) is 22.4 Å². The highest BCUT2D eigenvalue weighted by molar-refractivity contribution is 7.09. The summed E-state index contributed by atoms with van der Waals surface area (Å²) in [7, 11) is 0. The summed E-state index contributed by atoms with van der Waals surface area (Å²) in [5, 5.41) is 4.15. The second-order valence-electron chi connectivity index (χ2n) is 3.30. The zero-order chi connectivity index (χ0) is 9.10. The van der Waals surface area contributed by atoms with Gasteiger partial charge in [-0.15, -0.1) is 0 Å². The fourth-order valence-electron chi connectivity index (χ4n) is 1.11. The monoisotopic (exact) mass is 198 g/mol. The van der Waals surface area contributed by atoms with Gasteiger partial charge in [-0.1, -0.05) is 0 Å². The van der Waals surface area contributed by atoms with Gasteiger partial charge in [0, 0.05) is 24.0 Å². The molecule has 1 heterocycles. The first-order chi connectivity index (χ1) is 6.40. The van der Waals surface area contributed by atoms with Crippen LogP contribution in [0.25, 0.3) is 0 Å². The minimum Gasteiger partial charge on any atom is -0.360 e. The zero-order valence-electron chi connectivity index (χ0n) is 7.49. The first-order valence-corrected chi connectivity index (χ1v) is 5.45. The Kier molecular flexibility index (Phi) is 2.75. The minimum absolute atomic E-state index is 0.654. The van der Waals surface area contributed by atoms with Gasteiger partial charge >= 0.3 is 0 Å². The Morgan fingerprint density at radius 2 is 2.38 bits per heavy atom. The topological polar surface area (TPSA) is 63.8 Å². The predicted molar refractivity (Wildman–Crippen MR) is 54.0 cm³/mol.